The minimum atomic E-state index is -0.306. The van der Waals surface area contributed by atoms with Gasteiger partial charge in [-0.05, 0) is 32.1 Å². The summed E-state index contributed by atoms with van der Waals surface area (Å²) in [5.41, 5.74) is 0. The minimum absolute atomic E-state index is 0.0483. The molecule has 0 fully saturated rings. The molecule has 0 rings (SSSR count). The van der Waals surface area contributed by atoms with Gasteiger partial charge in [0.2, 0.25) is 0 Å². The van der Waals surface area contributed by atoms with Crippen molar-refractivity contribution in [1.29, 1.82) is 0 Å². The molecule has 118 valence electrons. The Labute approximate surface area is 120 Å². The van der Waals surface area contributed by atoms with Crippen LogP contribution in [0.5, 0.6) is 0 Å². The van der Waals surface area contributed by atoms with Gasteiger partial charge < -0.3 is 19.7 Å². The lowest BCUT2D eigenvalue weighted by Gasteiger charge is -2.05. The summed E-state index contributed by atoms with van der Waals surface area (Å²) in [6, 6.07) is 0. The molecule has 0 aliphatic heterocycles. The second-order valence-electron chi connectivity index (χ2n) is 4.51. The topological polar surface area (TPSA) is 93.1 Å². The fraction of sp³-hybridized carbons (Fsp3) is 0.857. The molecule has 0 aromatic carbocycles. The van der Waals surface area contributed by atoms with Crippen LogP contribution < -0.4 is 0 Å². The summed E-state index contributed by atoms with van der Waals surface area (Å²) in [6.45, 7) is 0.438. The fourth-order valence-electron chi connectivity index (χ4n) is 1.60. The molecular weight excluding hydrogens is 264 g/mol. The van der Waals surface area contributed by atoms with Gasteiger partial charge in [0.1, 0.15) is 6.61 Å². The Hall–Kier alpha value is -1.14. The predicted molar refractivity (Wildman–Crippen MR) is 73.0 cm³/mol. The molecule has 0 bridgehead atoms. The quantitative estimate of drug-likeness (QED) is 0.391. The van der Waals surface area contributed by atoms with Crippen LogP contribution in [0, 0.1) is 0 Å². The molecule has 0 radical (unpaired) electrons. The first-order chi connectivity index (χ1) is 9.70. The zero-order valence-electron chi connectivity index (χ0n) is 12.0. The van der Waals surface area contributed by atoms with E-state index in [9.17, 15) is 9.59 Å². The van der Waals surface area contributed by atoms with Gasteiger partial charge >= 0.3 is 11.9 Å². The second-order valence-corrected chi connectivity index (χ2v) is 4.51. The first-order valence-electron chi connectivity index (χ1n) is 7.23. The maximum Gasteiger partial charge on any atom is 0.305 e. The first-order valence-corrected chi connectivity index (χ1v) is 7.23. The SMILES string of the molecule is O=C(CCCCCOC(=O)CCCCCO)OCCO. The third-order valence-electron chi connectivity index (χ3n) is 2.68. The predicted octanol–water partition coefficient (Wildman–Crippen LogP) is 1.18. The van der Waals surface area contributed by atoms with Gasteiger partial charge in [-0.1, -0.05) is 6.42 Å². The molecule has 0 amide bonds. The second kappa shape index (κ2) is 14.3. The van der Waals surface area contributed by atoms with Gasteiger partial charge in [-0.2, -0.15) is 0 Å². The van der Waals surface area contributed by atoms with Gasteiger partial charge in [0.25, 0.3) is 0 Å². The molecule has 6 heteroatoms. The Balaban J connectivity index is 3.26. The Kier molecular flexibility index (Phi) is 13.5. The largest absolute Gasteiger partial charge is 0.466 e. The minimum Gasteiger partial charge on any atom is -0.466 e. The lowest BCUT2D eigenvalue weighted by atomic mass is 10.2. The van der Waals surface area contributed by atoms with Crippen molar-refractivity contribution in [2.75, 3.05) is 26.4 Å². The van der Waals surface area contributed by atoms with E-state index in [2.05, 4.69) is 0 Å². The number of ether oxygens (including phenoxy) is 2. The van der Waals surface area contributed by atoms with Gasteiger partial charge in [0.05, 0.1) is 13.2 Å². The normalized spacial score (nSPS) is 10.3. The van der Waals surface area contributed by atoms with E-state index in [1.54, 1.807) is 0 Å². The highest BCUT2D eigenvalue weighted by molar-refractivity contribution is 5.69. The number of aliphatic hydroxyl groups is 2. The van der Waals surface area contributed by atoms with Crippen molar-refractivity contribution in [3.05, 3.63) is 0 Å². The molecule has 0 spiro atoms. The first kappa shape index (κ1) is 18.9. The van der Waals surface area contributed by atoms with E-state index in [0.717, 1.165) is 32.1 Å². The number of hydrogen-bond donors (Lipinski definition) is 2. The molecule has 0 aromatic rings. The Morgan fingerprint density at radius 1 is 0.650 bits per heavy atom. The number of carbonyl (C=O) groups is 2. The number of rotatable bonds is 13. The van der Waals surface area contributed by atoms with E-state index in [0.29, 0.717) is 25.9 Å². The van der Waals surface area contributed by atoms with Crippen molar-refractivity contribution in [2.24, 2.45) is 0 Å². The van der Waals surface area contributed by atoms with Crippen molar-refractivity contribution >= 4 is 11.9 Å². The molecule has 2 N–H and O–H groups in total. The summed E-state index contributed by atoms with van der Waals surface area (Å²) >= 11 is 0. The van der Waals surface area contributed by atoms with Crippen molar-refractivity contribution in [2.45, 2.75) is 51.4 Å². The average Bonchev–Trinajstić information content (AvgIpc) is 2.45. The molecule has 0 aliphatic rings. The number of carbonyl (C=O) groups excluding carboxylic acids is 2. The van der Waals surface area contributed by atoms with Crippen LogP contribution in [0.2, 0.25) is 0 Å². The van der Waals surface area contributed by atoms with Crippen molar-refractivity contribution in [1.82, 2.24) is 0 Å². The lowest BCUT2D eigenvalue weighted by Crippen LogP contribution is -2.08. The molecule has 6 nitrogen and oxygen atoms in total. The van der Waals surface area contributed by atoms with Gasteiger partial charge in [0.15, 0.2) is 0 Å². The van der Waals surface area contributed by atoms with Crippen LogP contribution in [0.3, 0.4) is 0 Å². The molecule has 0 aliphatic carbocycles. The maximum atomic E-state index is 11.3. The third-order valence-corrected chi connectivity index (χ3v) is 2.68. The smallest absolute Gasteiger partial charge is 0.305 e. The van der Waals surface area contributed by atoms with Crippen LogP contribution in [-0.4, -0.2) is 48.6 Å². The summed E-state index contributed by atoms with van der Waals surface area (Å²) in [6.07, 6.45) is 5.25. The molecular formula is C14H26O6. The molecule has 0 unspecified atom stereocenters. The van der Waals surface area contributed by atoms with Crippen LogP contribution in [0.4, 0.5) is 0 Å². The van der Waals surface area contributed by atoms with E-state index in [1.165, 1.54) is 0 Å². The standard InChI is InChI=1S/C14H26O6/c15-9-5-1-3-7-13(17)19-11-6-2-4-8-14(18)20-12-10-16/h15-16H,1-12H2. The Morgan fingerprint density at radius 3 is 1.75 bits per heavy atom. The summed E-state index contributed by atoms with van der Waals surface area (Å²) in [5.74, 6) is -0.509. The van der Waals surface area contributed by atoms with E-state index in [4.69, 9.17) is 19.7 Å². The highest BCUT2D eigenvalue weighted by Gasteiger charge is 2.04. The van der Waals surface area contributed by atoms with Crippen LogP contribution >= 0.6 is 0 Å². The number of unbranched alkanes of at least 4 members (excludes halogenated alkanes) is 4. The van der Waals surface area contributed by atoms with Crippen LogP contribution in [-0.2, 0) is 19.1 Å². The molecule has 20 heavy (non-hydrogen) atoms. The van der Waals surface area contributed by atoms with E-state index < -0.39 is 0 Å². The maximum absolute atomic E-state index is 11.3. The molecule has 0 aromatic heterocycles. The molecule has 0 saturated carbocycles. The molecule has 0 saturated heterocycles. The molecule has 0 atom stereocenters. The summed E-state index contributed by atoms with van der Waals surface area (Å²) in [7, 11) is 0. The monoisotopic (exact) mass is 290 g/mol. The van der Waals surface area contributed by atoms with Gasteiger partial charge in [-0.25, -0.2) is 0 Å². The zero-order chi connectivity index (χ0) is 15.1. The zero-order valence-corrected chi connectivity index (χ0v) is 12.0. The van der Waals surface area contributed by atoms with Gasteiger partial charge in [0, 0.05) is 19.4 Å². The fourth-order valence-corrected chi connectivity index (χ4v) is 1.60. The van der Waals surface area contributed by atoms with Crippen molar-refractivity contribution in [3.8, 4) is 0 Å². The Morgan fingerprint density at radius 2 is 1.20 bits per heavy atom. The average molecular weight is 290 g/mol. The summed E-state index contributed by atoms with van der Waals surface area (Å²) in [4.78, 5) is 22.4. The van der Waals surface area contributed by atoms with Crippen LogP contribution in [0.25, 0.3) is 0 Å². The van der Waals surface area contributed by atoms with E-state index in [1.807, 2.05) is 0 Å². The van der Waals surface area contributed by atoms with Crippen LogP contribution in [0.15, 0.2) is 0 Å². The van der Waals surface area contributed by atoms with E-state index in [-0.39, 0.29) is 31.8 Å². The number of hydrogen-bond acceptors (Lipinski definition) is 6. The number of aliphatic hydroxyl groups excluding tert-OH is 2. The lowest BCUT2D eigenvalue weighted by molar-refractivity contribution is -0.145. The number of esters is 2. The summed E-state index contributed by atoms with van der Waals surface area (Å²) < 4.78 is 9.75. The van der Waals surface area contributed by atoms with Gasteiger partial charge in [-0.3, -0.25) is 9.59 Å². The highest BCUT2D eigenvalue weighted by atomic mass is 16.5. The highest BCUT2D eigenvalue weighted by Crippen LogP contribution is 2.04. The van der Waals surface area contributed by atoms with Gasteiger partial charge in [-0.15, -0.1) is 0 Å². The van der Waals surface area contributed by atoms with Crippen molar-refractivity contribution in [3.63, 3.8) is 0 Å². The summed E-state index contributed by atoms with van der Waals surface area (Å²) in [5, 5.41) is 17.0. The van der Waals surface area contributed by atoms with E-state index >= 15 is 0 Å². The third kappa shape index (κ3) is 13.3. The van der Waals surface area contributed by atoms with Crippen LogP contribution in [0.1, 0.15) is 51.4 Å². The Bertz CT molecular complexity index is 254. The molecule has 0 heterocycles. The van der Waals surface area contributed by atoms with Crippen molar-refractivity contribution < 1.29 is 29.3 Å².